The van der Waals surface area contributed by atoms with Crippen LogP contribution in [0.2, 0.25) is 5.02 Å². The molecule has 24 heavy (non-hydrogen) atoms. The van der Waals surface area contributed by atoms with Gasteiger partial charge in [-0.15, -0.1) is 0 Å². The van der Waals surface area contributed by atoms with Crippen molar-refractivity contribution < 1.29 is 9.18 Å². The fourth-order valence-electron chi connectivity index (χ4n) is 2.07. The lowest BCUT2D eigenvalue weighted by molar-refractivity contribution is 0.103. The molecule has 0 N–H and O–H groups in total. The van der Waals surface area contributed by atoms with E-state index in [1.807, 2.05) is 36.4 Å². The monoisotopic (exact) mass is 358 g/mol. The van der Waals surface area contributed by atoms with E-state index in [0.717, 1.165) is 5.56 Å². The lowest BCUT2D eigenvalue weighted by Gasteiger charge is -2.08. The molecule has 3 aromatic carbocycles. The van der Waals surface area contributed by atoms with Crippen LogP contribution in [0.1, 0.15) is 21.5 Å². The van der Waals surface area contributed by atoms with Gasteiger partial charge in [-0.05, 0) is 29.8 Å². The maximum atomic E-state index is 13.6. The van der Waals surface area contributed by atoms with Crippen LogP contribution in [0.4, 0.5) is 4.39 Å². The summed E-state index contributed by atoms with van der Waals surface area (Å²) < 4.78 is 13.6. The SMILES string of the molecule is O=C(c1ccccc1F)c1cc(Cl)ccc1CS.c1ccccc1. The molecule has 4 heteroatoms. The van der Waals surface area contributed by atoms with Crippen molar-refractivity contribution >= 4 is 30.0 Å². The summed E-state index contributed by atoms with van der Waals surface area (Å²) in [5.74, 6) is -0.514. The number of carbonyl (C=O) groups excluding carboxylic acids is 1. The Kier molecular flexibility index (Phi) is 7.04. The molecule has 0 atom stereocenters. The Bertz CT molecular complexity index is 779. The molecular formula is C20H16ClFOS. The van der Waals surface area contributed by atoms with Gasteiger partial charge < -0.3 is 0 Å². The molecule has 0 saturated carbocycles. The molecule has 1 nitrogen and oxygen atoms in total. The number of thiol groups is 1. The first-order valence-corrected chi connectivity index (χ1v) is 8.33. The minimum atomic E-state index is -0.535. The van der Waals surface area contributed by atoms with Crippen molar-refractivity contribution in [3.63, 3.8) is 0 Å². The molecule has 3 rings (SSSR count). The molecule has 0 fully saturated rings. The van der Waals surface area contributed by atoms with E-state index in [9.17, 15) is 9.18 Å². The first-order valence-electron chi connectivity index (χ1n) is 7.32. The number of halogens is 2. The molecule has 0 saturated heterocycles. The Hall–Kier alpha value is -2.10. The Morgan fingerprint density at radius 3 is 2.00 bits per heavy atom. The van der Waals surface area contributed by atoms with Gasteiger partial charge in [0.25, 0.3) is 0 Å². The summed E-state index contributed by atoms with van der Waals surface area (Å²) in [6.07, 6.45) is 0. The number of hydrogen-bond acceptors (Lipinski definition) is 2. The second-order valence-corrected chi connectivity index (χ2v) is 5.68. The lowest BCUT2D eigenvalue weighted by atomic mass is 9.99. The zero-order valence-corrected chi connectivity index (χ0v) is 14.5. The standard InChI is InChI=1S/C14H10ClFOS.C6H6/c15-10-6-5-9(8-18)12(7-10)14(17)11-3-1-2-4-13(11)16;1-2-4-6-5-3-1/h1-7,18H,8H2;1-6H. The van der Waals surface area contributed by atoms with Crippen LogP contribution in [0.5, 0.6) is 0 Å². The van der Waals surface area contributed by atoms with Crippen LogP contribution in [0.15, 0.2) is 78.9 Å². The molecule has 122 valence electrons. The highest BCUT2D eigenvalue weighted by atomic mass is 35.5. The van der Waals surface area contributed by atoms with E-state index in [-0.39, 0.29) is 11.3 Å². The predicted molar refractivity (Wildman–Crippen MR) is 100 cm³/mol. The highest BCUT2D eigenvalue weighted by Gasteiger charge is 2.16. The first-order chi connectivity index (χ1) is 11.6. The minimum absolute atomic E-state index is 0.0443. The molecule has 0 aliphatic heterocycles. The summed E-state index contributed by atoms with van der Waals surface area (Å²) in [6.45, 7) is 0. The zero-order valence-electron chi connectivity index (χ0n) is 12.8. The van der Waals surface area contributed by atoms with Crippen LogP contribution in [-0.2, 0) is 5.75 Å². The van der Waals surface area contributed by atoms with E-state index in [2.05, 4.69) is 12.6 Å². The summed E-state index contributed by atoms with van der Waals surface area (Å²) in [6, 6.07) is 22.8. The average molecular weight is 359 g/mol. The molecule has 0 amide bonds. The van der Waals surface area contributed by atoms with Gasteiger partial charge in [-0.2, -0.15) is 12.6 Å². The summed E-state index contributed by atoms with van der Waals surface area (Å²) in [7, 11) is 0. The van der Waals surface area contributed by atoms with Crippen LogP contribution in [0, 0.1) is 5.82 Å². The van der Waals surface area contributed by atoms with Gasteiger partial charge in [0.15, 0.2) is 5.78 Å². The average Bonchev–Trinajstić information content (AvgIpc) is 2.63. The van der Waals surface area contributed by atoms with Gasteiger partial charge in [0, 0.05) is 16.3 Å². The van der Waals surface area contributed by atoms with Gasteiger partial charge in [0.2, 0.25) is 0 Å². The summed E-state index contributed by atoms with van der Waals surface area (Å²) in [5, 5.41) is 0.445. The van der Waals surface area contributed by atoms with Crippen LogP contribution < -0.4 is 0 Å². The van der Waals surface area contributed by atoms with E-state index in [1.54, 1.807) is 30.3 Å². The van der Waals surface area contributed by atoms with Crippen molar-refractivity contribution in [1.29, 1.82) is 0 Å². The Labute approximate surface area is 151 Å². The highest BCUT2D eigenvalue weighted by Crippen LogP contribution is 2.22. The fraction of sp³-hybridized carbons (Fsp3) is 0.0500. The van der Waals surface area contributed by atoms with Gasteiger partial charge in [-0.3, -0.25) is 4.79 Å². The Morgan fingerprint density at radius 2 is 1.46 bits per heavy atom. The Morgan fingerprint density at radius 1 is 0.875 bits per heavy atom. The van der Waals surface area contributed by atoms with Crippen molar-refractivity contribution in [1.82, 2.24) is 0 Å². The lowest BCUT2D eigenvalue weighted by Crippen LogP contribution is -2.07. The zero-order chi connectivity index (χ0) is 17.4. The molecule has 0 heterocycles. The third-order valence-electron chi connectivity index (χ3n) is 3.27. The number of hydrogen-bond donors (Lipinski definition) is 1. The van der Waals surface area contributed by atoms with E-state index in [0.29, 0.717) is 16.3 Å². The van der Waals surface area contributed by atoms with Crippen molar-refractivity contribution in [2.75, 3.05) is 0 Å². The molecule has 3 aromatic rings. The number of rotatable bonds is 3. The third kappa shape index (κ3) is 4.95. The van der Waals surface area contributed by atoms with Crippen LogP contribution >= 0.6 is 24.2 Å². The van der Waals surface area contributed by atoms with Crippen molar-refractivity contribution in [3.05, 3.63) is 106 Å². The summed E-state index contributed by atoms with van der Waals surface area (Å²) in [4.78, 5) is 12.3. The summed E-state index contributed by atoms with van der Waals surface area (Å²) >= 11 is 10.0. The largest absolute Gasteiger partial charge is 0.288 e. The maximum absolute atomic E-state index is 13.6. The molecule has 0 aliphatic carbocycles. The van der Waals surface area contributed by atoms with Gasteiger partial charge >= 0.3 is 0 Å². The normalized spacial score (nSPS) is 9.79. The summed E-state index contributed by atoms with van der Waals surface area (Å²) in [5.41, 5.74) is 1.17. The minimum Gasteiger partial charge on any atom is -0.288 e. The van der Waals surface area contributed by atoms with E-state index in [4.69, 9.17) is 11.6 Å². The smallest absolute Gasteiger partial charge is 0.196 e. The third-order valence-corrected chi connectivity index (χ3v) is 3.85. The molecular weight excluding hydrogens is 343 g/mol. The van der Waals surface area contributed by atoms with E-state index < -0.39 is 5.82 Å². The topological polar surface area (TPSA) is 17.1 Å². The number of benzene rings is 3. The molecule has 0 unspecified atom stereocenters. The van der Waals surface area contributed by atoms with Crippen LogP contribution in [0.25, 0.3) is 0 Å². The van der Waals surface area contributed by atoms with Gasteiger partial charge in [-0.1, -0.05) is 66.2 Å². The second-order valence-electron chi connectivity index (χ2n) is 4.92. The second kappa shape index (κ2) is 9.26. The van der Waals surface area contributed by atoms with Crippen molar-refractivity contribution in [2.24, 2.45) is 0 Å². The van der Waals surface area contributed by atoms with Crippen molar-refractivity contribution in [3.8, 4) is 0 Å². The van der Waals surface area contributed by atoms with Gasteiger partial charge in [0.05, 0.1) is 5.56 Å². The molecule has 0 aromatic heterocycles. The Balaban J connectivity index is 0.000000292. The maximum Gasteiger partial charge on any atom is 0.196 e. The molecule has 0 bridgehead atoms. The van der Waals surface area contributed by atoms with E-state index >= 15 is 0 Å². The fourth-order valence-corrected chi connectivity index (χ4v) is 2.52. The molecule has 0 spiro atoms. The van der Waals surface area contributed by atoms with Crippen molar-refractivity contribution in [2.45, 2.75) is 5.75 Å². The van der Waals surface area contributed by atoms with Crippen LogP contribution in [0.3, 0.4) is 0 Å². The quantitative estimate of drug-likeness (QED) is 0.460. The van der Waals surface area contributed by atoms with Gasteiger partial charge in [-0.25, -0.2) is 4.39 Å². The molecule has 0 radical (unpaired) electrons. The highest BCUT2D eigenvalue weighted by molar-refractivity contribution is 7.79. The van der Waals surface area contributed by atoms with Crippen LogP contribution in [-0.4, -0.2) is 5.78 Å². The number of ketones is 1. The molecule has 0 aliphatic rings. The number of carbonyl (C=O) groups is 1. The first kappa shape index (κ1) is 18.2. The van der Waals surface area contributed by atoms with E-state index in [1.165, 1.54) is 12.1 Å². The predicted octanol–water partition coefficient (Wildman–Crippen LogP) is 5.83. The van der Waals surface area contributed by atoms with Gasteiger partial charge in [0.1, 0.15) is 5.82 Å².